The van der Waals surface area contributed by atoms with Crippen molar-refractivity contribution in [1.29, 1.82) is 0 Å². The lowest BCUT2D eigenvalue weighted by atomic mass is 10.1. The van der Waals surface area contributed by atoms with Gasteiger partial charge in [0.1, 0.15) is 21.8 Å². The fourth-order valence-corrected chi connectivity index (χ4v) is 5.99. The van der Waals surface area contributed by atoms with Gasteiger partial charge in [0.2, 0.25) is 5.88 Å². The molecule has 0 aliphatic carbocycles. The van der Waals surface area contributed by atoms with Crippen LogP contribution >= 0.6 is 22.9 Å². The van der Waals surface area contributed by atoms with Gasteiger partial charge < -0.3 is 19.3 Å². The maximum absolute atomic E-state index is 12.1. The van der Waals surface area contributed by atoms with Crippen LogP contribution in [0.25, 0.3) is 31.8 Å². The number of hydrogen-bond donors (Lipinski definition) is 1. The molecule has 4 heterocycles. The Morgan fingerprint density at radius 1 is 1.15 bits per heavy atom. The number of aromatic nitrogens is 4. The number of ether oxygens (including phenoxy) is 3. The van der Waals surface area contributed by atoms with Crippen LogP contribution in [0.4, 0.5) is 10.5 Å². The predicted octanol–water partition coefficient (Wildman–Crippen LogP) is 6.21. The van der Waals surface area contributed by atoms with Crippen LogP contribution in [0.2, 0.25) is 5.02 Å². The number of carbonyl (C=O) groups is 1. The van der Waals surface area contributed by atoms with Crippen LogP contribution in [0.1, 0.15) is 16.8 Å². The van der Waals surface area contributed by atoms with E-state index in [1.807, 2.05) is 32.9 Å². The molecule has 0 saturated carbocycles. The van der Waals surface area contributed by atoms with Crippen LogP contribution in [0.5, 0.6) is 17.4 Å². The van der Waals surface area contributed by atoms with E-state index in [1.165, 1.54) is 16.2 Å². The molecule has 1 atom stereocenters. The van der Waals surface area contributed by atoms with E-state index >= 15 is 0 Å². The first-order chi connectivity index (χ1) is 19.2. The van der Waals surface area contributed by atoms with Gasteiger partial charge in [0, 0.05) is 17.3 Å². The molecule has 2 aromatic carbocycles. The lowest BCUT2D eigenvalue weighted by Crippen LogP contribution is -2.43. The first kappa shape index (κ1) is 26.0. The smallest absolute Gasteiger partial charge is 0.411 e. The Bertz CT molecular complexity index is 1810. The highest BCUT2D eigenvalue weighted by molar-refractivity contribution is 7.22. The molecule has 0 spiro atoms. The monoisotopic (exact) mass is 577 g/mol. The Balaban J connectivity index is 1.34. The highest BCUT2D eigenvalue weighted by Crippen LogP contribution is 2.47. The molecule has 10 nitrogen and oxygen atoms in total. The van der Waals surface area contributed by atoms with Gasteiger partial charge in [-0.3, -0.25) is 9.88 Å². The van der Waals surface area contributed by atoms with E-state index in [0.29, 0.717) is 49.6 Å². The average Bonchev–Trinajstić information content (AvgIpc) is 3.38. The molecule has 40 heavy (non-hydrogen) atoms. The van der Waals surface area contributed by atoms with E-state index in [2.05, 4.69) is 15.0 Å². The molecule has 3 aromatic heterocycles. The number of thiazole rings is 1. The van der Waals surface area contributed by atoms with Gasteiger partial charge in [-0.1, -0.05) is 11.6 Å². The van der Waals surface area contributed by atoms with Crippen LogP contribution in [0, 0.1) is 20.8 Å². The summed E-state index contributed by atoms with van der Waals surface area (Å²) in [5.41, 5.74) is 6.02. The summed E-state index contributed by atoms with van der Waals surface area (Å²) in [6.45, 7) is 5.96. The van der Waals surface area contributed by atoms with Crippen LogP contribution < -0.4 is 19.1 Å². The van der Waals surface area contributed by atoms with Crippen molar-refractivity contribution in [1.82, 2.24) is 19.9 Å². The predicted molar refractivity (Wildman–Crippen MR) is 153 cm³/mol. The Morgan fingerprint density at radius 2 is 1.98 bits per heavy atom. The number of carboxylic acid groups (broad SMARTS) is 1. The molecule has 204 valence electrons. The molecule has 0 radical (unpaired) electrons. The van der Waals surface area contributed by atoms with Gasteiger partial charge >= 0.3 is 6.09 Å². The molecule has 0 unspecified atom stereocenters. The van der Waals surface area contributed by atoms with Crippen LogP contribution in [-0.2, 0) is 0 Å². The molecule has 1 N–H and O–H groups in total. The van der Waals surface area contributed by atoms with Crippen LogP contribution in [0.3, 0.4) is 0 Å². The molecular formula is C28H24ClN5O5S. The van der Waals surface area contributed by atoms with Crippen molar-refractivity contribution in [3.05, 3.63) is 58.5 Å². The second kappa shape index (κ2) is 10.1. The number of fused-ring (bicyclic) bond motifs is 4. The standard InChI is InChI=1S/C28H24ClN5O5S/c1-13-5-18(23-20(6-13)32-22(37-4)10-31-23)27-33-24-19(29)8-21-25(26(24)40-27)38-12-17(39-21)11-34(28(35)36)16-7-14(2)15(3)30-9-16/h5-10,17H,11-12H2,1-4H3,(H,35,36)/t17-/m1/s1. The molecule has 1 amide bonds. The van der Waals surface area contributed by atoms with Gasteiger partial charge in [-0.2, -0.15) is 0 Å². The summed E-state index contributed by atoms with van der Waals surface area (Å²) in [7, 11) is 1.55. The third-order valence-corrected chi connectivity index (χ3v) is 8.09. The van der Waals surface area contributed by atoms with E-state index in [9.17, 15) is 9.90 Å². The number of anilines is 1. The highest BCUT2D eigenvalue weighted by Gasteiger charge is 2.30. The fourth-order valence-electron chi connectivity index (χ4n) is 4.60. The van der Waals surface area contributed by atoms with Gasteiger partial charge in [-0.25, -0.2) is 19.7 Å². The molecule has 0 fully saturated rings. The summed E-state index contributed by atoms with van der Waals surface area (Å²) in [4.78, 5) is 31.5. The van der Waals surface area contributed by atoms with Gasteiger partial charge in [0.05, 0.1) is 47.8 Å². The number of halogens is 1. The SMILES string of the molecule is COc1cnc2c(-c3nc4c(Cl)cc5c(c4s3)OC[C@@H](CN(C(=O)O)c3cnc(C)c(C)c3)O5)cc(C)cc2n1. The minimum Gasteiger partial charge on any atom is -0.484 e. The van der Waals surface area contributed by atoms with E-state index < -0.39 is 12.2 Å². The average molecular weight is 578 g/mol. The first-order valence-electron chi connectivity index (χ1n) is 12.4. The molecule has 12 heteroatoms. The van der Waals surface area contributed by atoms with Crippen LogP contribution in [0.15, 0.2) is 36.7 Å². The molecule has 5 aromatic rings. The number of methoxy groups -OCH3 is 1. The topological polar surface area (TPSA) is 120 Å². The number of rotatable bonds is 5. The van der Waals surface area contributed by atoms with E-state index in [0.717, 1.165) is 27.1 Å². The Labute approximate surface area is 238 Å². The van der Waals surface area contributed by atoms with Crippen molar-refractivity contribution in [3.8, 4) is 28.0 Å². The van der Waals surface area contributed by atoms with Gasteiger partial charge in [0.15, 0.2) is 17.6 Å². The first-order valence-corrected chi connectivity index (χ1v) is 13.6. The number of pyridine rings is 1. The molecular weight excluding hydrogens is 554 g/mol. The van der Waals surface area contributed by atoms with Gasteiger partial charge in [-0.15, -0.1) is 11.3 Å². The summed E-state index contributed by atoms with van der Waals surface area (Å²) in [6, 6.07) is 7.42. The van der Waals surface area contributed by atoms with Crippen molar-refractivity contribution in [3.63, 3.8) is 0 Å². The quantitative estimate of drug-likeness (QED) is 0.260. The summed E-state index contributed by atoms with van der Waals surface area (Å²) >= 11 is 8.09. The van der Waals surface area contributed by atoms with Crippen LogP contribution in [-0.4, -0.2) is 57.5 Å². The molecule has 6 rings (SSSR count). The summed E-state index contributed by atoms with van der Waals surface area (Å²) in [5.74, 6) is 1.39. The maximum atomic E-state index is 12.1. The summed E-state index contributed by atoms with van der Waals surface area (Å²) < 4.78 is 18.4. The third kappa shape index (κ3) is 4.61. The number of amides is 1. The largest absolute Gasteiger partial charge is 0.484 e. The zero-order chi connectivity index (χ0) is 28.1. The minimum absolute atomic E-state index is 0.0555. The van der Waals surface area contributed by atoms with E-state index in [-0.39, 0.29) is 13.2 Å². The minimum atomic E-state index is -1.11. The highest BCUT2D eigenvalue weighted by atomic mass is 35.5. The van der Waals surface area contributed by atoms with Crippen molar-refractivity contribution < 1.29 is 24.1 Å². The summed E-state index contributed by atoms with van der Waals surface area (Å²) in [5, 5.41) is 11.0. The zero-order valence-electron chi connectivity index (χ0n) is 22.1. The lowest BCUT2D eigenvalue weighted by Gasteiger charge is -2.30. The lowest BCUT2D eigenvalue weighted by molar-refractivity contribution is 0.0962. The second-order valence-corrected chi connectivity index (χ2v) is 10.9. The van der Waals surface area contributed by atoms with E-state index in [4.69, 9.17) is 30.8 Å². The Hall–Kier alpha value is -4.22. The third-order valence-electron chi connectivity index (χ3n) is 6.71. The zero-order valence-corrected chi connectivity index (χ0v) is 23.6. The number of benzene rings is 2. The number of nitrogens with zero attached hydrogens (tertiary/aromatic N) is 5. The second-order valence-electron chi connectivity index (χ2n) is 9.51. The van der Waals surface area contributed by atoms with Crippen molar-refractivity contribution >= 4 is 56.0 Å². The fraction of sp³-hybridized carbons (Fsp3) is 0.250. The van der Waals surface area contributed by atoms with Crippen molar-refractivity contribution in [2.24, 2.45) is 0 Å². The van der Waals surface area contributed by atoms with Gasteiger partial charge in [0.25, 0.3) is 0 Å². The molecule has 0 saturated heterocycles. The number of hydrogen-bond acceptors (Lipinski definition) is 9. The van der Waals surface area contributed by atoms with E-state index in [1.54, 1.807) is 31.6 Å². The van der Waals surface area contributed by atoms with Crippen molar-refractivity contribution in [2.75, 3.05) is 25.2 Å². The Morgan fingerprint density at radius 3 is 2.73 bits per heavy atom. The van der Waals surface area contributed by atoms with Gasteiger partial charge in [-0.05, 0) is 50.1 Å². The summed E-state index contributed by atoms with van der Waals surface area (Å²) in [6.07, 6.45) is 1.46. The molecule has 0 bridgehead atoms. The molecule has 1 aliphatic rings. The number of aryl methyl sites for hydroxylation is 3. The Kier molecular flexibility index (Phi) is 6.55. The molecule has 1 aliphatic heterocycles. The normalized spacial score (nSPS) is 14.5. The maximum Gasteiger partial charge on any atom is 0.411 e. The van der Waals surface area contributed by atoms with Crippen molar-refractivity contribution in [2.45, 2.75) is 26.9 Å².